The Kier molecular flexibility index (Phi) is 9.34. The number of halogens is 2. The second kappa shape index (κ2) is 11.7. The second-order valence-corrected chi connectivity index (χ2v) is 7.84. The van der Waals surface area contributed by atoms with Crippen molar-refractivity contribution in [3.8, 4) is 17.6 Å². The molecule has 0 fully saturated rings. The van der Waals surface area contributed by atoms with Crippen LogP contribution < -0.4 is 15.2 Å². The van der Waals surface area contributed by atoms with Crippen LogP contribution in [0.15, 0.2) is 55.5 Å². The molecule has 0 aromatic heterocycles. The van der Waals surface area contributed by atoms with Crippen LogP contribution in [0.2, 0.25) is 0 Å². The molecule has 2 aromatic rings. The van der Waals surface area contributed by atoms with Crippen LogP contribution in [-0.2, 0) is 5.75 Å². The minimum atomic E-state index is -0.0853. The lowest BCUT2D eigenvalue weighted by Crippen LogP contribution is -2.06. The normalized spacial score (nSPS) is 11.4. The summed E-state index contributed by atoms with van der Waals surface area (Å²) in [5.41, 5.74) is 7.80. The molecular formula is C19H18Br2N4O2S. The zero-order valence-corrected chi connectivity index (χ0v) is 19.1. The van der Waals surface area contributed by atoms with E-state index in [1.165, 1.54) is 11.8 Å². The van der Waals surface area contributed by atoms with E-state index in [9.17, 15) is 0 Å². The van der Waals surface area contributed by atoms with Crippen LogP contribution in [0.5, 0.6) is 11.5 Å². The maximum absolute atomic E-state index is 8.76. The molecule has 0 unspecified atom stereocenters. The van der Waals surface area contributed by atoms with Crippen molar-refractivity contribution in [3.63, 3.8) is 0 Å². The van der Waals surface area contributed by atoms with Crippen LogP contribution in [0.3, 0.4) is 0 Å². The summed E-state index contributed by atoms with van der Waals surface area (Å²) in [6.45, 7) is 2.24. The van der Waals surface area contributed by atoms with Crippen molar-refractivity contribution in [2.24, 2.45) is 15.9 Å². The van der Waals surface area contributed by atoms with Crippen LogP contribution in [0.1, 0.15) is 18.1 Å². The molecule has 0 aliphatic carbocycles. The number of thioether (sulfide) groups is 1. The third kappa shape index (κ3) is 6.55. The quantitative estimate of drug-likeness (QED) is 0.294. The summed E-state index contributed by atoms with van der Waals surface area (Å²) in [5, 5.41) is 17.2. The number of hydrogen-bond donors (Lipinski definition) is 1. The maximum Gasteiger partial charge on any atom is 0.180 e. The maximum atomic E-state index is 8.76. The van der Waals surface area contributed by atoms with Gasteiger partial charge in [-0.3, -0.25) is 0 Å². The lowest BCUT2D eigenvalue weighted by Gasteiger charge is -2.14. The van der Waals surface area contributed by atoms with Gasteiger partial charge in [-0.05, 0) is 50.4 Å². The first kappa shape index (κ1) is 22.3. The van der Waals surface area contributed by atoms with E-state index in [4.69, 9.17) is 20.5 Å². The first-order chi connectivity index (χ1) is 13.6. The largest absolute Gasteiger partial charge is 0.490 e. The zero-order chi connectivity index (χ0) is 20.4. The van der Waals surface area contributed by atoms with Crippen molar-refractivity contribution in [2.75, 3.05) is 13.2 Å². The summed E-state index contributed by atoms with van der Waals surface area (Å²) in [6.07, 6.45) is 1.57. The zero-order valence-electron chi connectivity index (χ0n) is 15.1. The molecule has 0 spiro atoms. The van der Waals surface area contributed by atoms with Crippen molar-refractivity contribution in [2.45, 2.75) is 12.7 Å². The van der Waals surface area contributed by atoms with Crippen molar-refractivity contribution in [3.05, 3.63) is 56.5 Å². The molecule has 0 radical (unpaired) electrons. The van der Waals surface area contributed by atoms with E-state index in [0.717, 1.165) is 16.9 Å². The lowest BCUT2D eigenvalue weighted by molar-refractivity contribution is 0.297. The fourth-order valence-corrected chi connectivity index (χ4v) is 3.66. The van der Waals surface area contributed by atoms with Gasteiger partial charge in [-0.2, -0.15) is 10.4 Å². The van der Waals surface area contributed by atoms with E-state index in [2.05, 4.69) is 42.1 Å². The van der Waals surface area contributed by atoms with Gasteiger partial charge in [0.15, 0.2) is 23.3 Å². The van der Waals surface area contributed by atoms with Crippen molar-refractivity contribution < 1.29 is 9.47 Å². The number of nitrogens with zero attached hydrogens (tertiary/aromatic N) is 3. The fraction of sp³-hybridized carbons (Fsp3) is 0.211. The minimum Gasteiger partial charge on any atom is -0.490 e. The molecule has 0 atom stereocenters. The summed E-state index contributed by atoms with van der Waals surface area (Å²) < 4.78 is 12.4. The third-order valence-electron chi connectivity index (χ3n) is 3.32. The Morgan fingerprint density at radius 2 is 2.00 bits per heavy atom. The van der Waals surface area contributed by atoms with Gasteiger partial charge >= 0.3 is 0 Å². The topological polar surface area (TPSA) is 93.0 Å². The SMILES string of the molecule is CCOc1cc(C=NN=C(N)SCc2ccccc2)c(Br)c(Br)c1OCC#N. The van der Waals surface area contributed by atoms with Crippen LogP contribution in [0, 0.1) is 11.3 Å². The van der Waals surface area contributed by atoms with Gasteiger partial charge in [0.05, 0.1) is 17.3 Å². The van der Waals surface area contributed by atoms with Gasteiger partial charge < -0.3 is 15.2 Å². The number of benzene rings is 2. The molecule has 2 aromatic carbocycles. The molecule has 0 amide bonds. The third-order valence-corrected chi connectivity index (χ3v) is 6.32. The molecule has 2 N–H and O–H groups in total. The van der Waals surface area contributed by atoms with Crippen molar-refractivity contribution >= 4 is 55.0 Å². The number of nitriles is 1. The van der Waals surface area contributed by atoms with E-state index in [-0.39, 0.29) is 6.61 Å². The lowest BCUT2D eigenvalue weighted by atomic mass is 10.2. The number of amidine groups is 1. The Balaban J connectivity index is 2.14. The van der Waals surface area contributed by atoms with E-state index in [1.807, 2.05) is 43.3 Å². The Morgan fingerprint density at radius 1 is 1.25 bits per heavy atom. The highest BCUT2D eigenvalue weighted by atomic mass is 79.9. The monoisotopic (exact) mass is 524 g/mol. The van der Waals surface area contributed by atoms with Gasteiger partial charge in [0.25, 0.3) is 0 Å². The van der Waals surface area contributed by atoms with Gasteiger partial charge in [0, 0.05) is 15.8 Å². The van der Waals surface area contributed by atoms with Gasteiger partial charge in [-0.15, -0.1) is 5.10 Å². The number of rotatable bonds is 8. The predicted octanol–water partition coefficient (Wildman–Crippen LogP) is 5.09. The molecule has 0 saturated heterocycles. The van der Waals surface area contributed by atoms with Crippen LogP contribution in [0.4, 0.5) is 0 Å². The van der Waals surface area contributed by atoms with Crippen LogP contribution in [-0.4, -0.2) is 24.6 Å². The van der Waals surface area contributed by atoms with E-state index in [0.29, 0.717) is 32.2 Å². The van der Waals surface area contributed by atoms with Gasteiger partial charge in [-0.25, -0.2) is 0 Å². The van der Waals surface area contributed by atoms with Gasteiger partial charge in [-0.1, -0.05) is 42.1 Å². The van der Waals surface area contributed by atoms with Crippen LogP contribution in [0.25, 0.3) is 0 Å². The summed E-state index contributed by atoms with van der Waals surface area (Å²) >= 11 is 8.37. The summed E-state index contributed by atoms with van der Waals surface area (Å²) in [7, 11) is 0. The first-order valence-electron chi connectivity index (χ1n) is 8.24. The van der Waals surface area contributed by atoms with Crippen molar-refractivity contribution in [1.29, 1.82) is 5.26 Å². The fourth-order valence-electron chi connectivity index (χ4n) is 2.11. The Bertz CT molecular complexity index is 899. The molecule has 0 aliphatic heterocycles. The molecular weight excluding hydrogens is 508 g/mol. The Hall–Kier alpha value is -2.02. The van der Waals surface area contributed by atoms with E-state index >= 15 is 0 Å². The van der Waals surface area contributed by atoms with Gasteiger partial charge in [0.1, 0.15) is 6.07 Å². The number of nitrogens with two attached hydrogens (primary N) is 1. The molecule has 28 heavy (non-hydrogen) atoms. The summed E-state index contributed by atoms with van der Waals surface area (Å²) in [5.74, 6) is 1.68. The highest BCUT2D eigenvalue weighted by molar-refractivity contribution is 9.13. The number of hydrogen-bond acceptors (Lipinski definition) is 6. The predicted molar refractivity (Wildman–Crippen MR) is 121 cm³/mol. The molecule has 0 heterocycles. The standard InChI is InChI=1S/C19H18Br2N4O2S/c1-2-26-15-10-14(16(20)17(21)18(15)27-9-8-22)11-24-25-19(23)28-12-13-6-4-3-5-7-13/h3-7,10-11H,2,9,12H2,1H3,(H2,23,25). The summed E-state index contributed by atoms with van der Waals surface area (Å²) in [6, 6.07) is 13.7. The number of ether oxygens (including phenoxy) is 2. The molecule has 146 valence electrons. The molecule has 6 nitrogen and oxygen atoms in total. The Labute approximate surface area is 185 Å². The van der Waals surface area contributed by atoms with E-state index in [1.54, 1.807) is 12.3 Å². The highest BCUT2D eigenvalue weighted by Gasteiger charge is 2.16. The molecule has 0 aliphatic rings. The molecule has 0 saturated carbocycles. The smallest absolute Gasteiger partial charge is 0.180 e. The molecule has 0 bridgehead atoms. The van der Waals surface area contributed by atoms with Crippen LogP contribution >= 0.6 is 43.6 Å². The highest BCUT2D eigenvalue weighted by Crippen LogP contribution is 2.42. The second-order valence-electron chi connectivity index (χ2n) is 5.26. The average Bonchev–Trinajstić information content (AvgIpc) is 2.71. The first-order valence-corrected chi connectivity index (χ1v) is 10.8. The van der Waals surface area contributed by atoms with Crippen molar-refractivity contribution in [1.82, 2.24) is 0 Å². The molecule has 9 heteroatoms. The Morgan fingerprint density at radius 3 is 2.68 bits per heavy atom. The summed E-state index contributed by atoms with van der Waals surface area (Å²) in [4.78, 5) is 0. The molecule has 2 rings (SSSR count). The average molecular weight is 526 g/mol. The minimum absolute atomic E-state index is 0.0853. The van der Waals surface area contributed by atoms with Gasteiger partial charge in [0.2, 0.25) is 0 Å². The van der Waals surface area contributed by atoms with E-state index < -0.39 is 0 Å².